The Kier molecular flexibility index (Phi) is 15.9. The van der Waals surface area contributed by atoms with E-state index >= 15 is 0 Å². The van der Waals surface area contributed by atoms with E-state index in [1.165, 1.54) is 36.4 Å². The van der Waals surface area contributed by atoms with Gasteiger partial charge in [-0.1, -0.05) is 89.8 Å². The summed E-state index contributed by atoms with van der Waals surface area (Å²) in [6.07, 6.45) is 0. The van der Waals surface area contributed by atoms with E-state index in [4.69, 9.17) is 18.9 Å². The predicted molar refractivity (Wildman–Crippen MR) is 244 cm³/mol. The molecule has 0 atom stereocenters. The zero-order valence-corrected chi connectivity index (χ0v) is 38.4. The van der Waals surface area contributed by atoms with E-state index in [1.807, 2.05) is 34.4 Å². The topological polar surface area (TPSA) is 36.9 Å². The lowest BCUT2D eigenvalue weighted by Gasteiger charge is -2.11. The zero-order valence-electron chi connectivity index (χ0n) is 34.4. The molecular weight excluding hydrogens is 801 g/mol. The minimum absolute atomic E-state index is 0.280. The highest BCUT2D eigenvalue weighted by Crippen LogP contribution is 2.45. The standard InChI is InChI=1S/C48H56O4S5/c1-33(2)29-49-37-9-17-41(18-10-37)56(42-19-11-38(12-20-42)50-30-34(3)4)47-27-25-45(54-47)53-46-26-28-48(55-46)57(43-21-13-39(14-22-43)51-31-35(5)6)44-23-15-40(16-24-44)52-32-36(7)8/h9-28,33-36H,29-32H2,1-8H3/q+2. The Morgan fingerprint density at radius 3 is 0.842 bits per heavy atom. The number of ether oxygens (including phenoxy) is 4. The first-order valence-electron chi connectivity index (χ1n) is 19.8. The molecule has 0 aliphatic carbocycles. The molecule has 0 N–H and O–H groups in total. The largest absolute Gasteiger partial charge is 0.493 e. The summed E-state index contributed by atoms with van der Waals surface area (Å²) < 4.78 is 29.4. The molecule has 0 saturated heterocycles. The van der Waals surface area contributed by atoms with Crippen molar-refractivity contribution in [1.82, 2.24) is 0 Å². The number of thiophene rings is 2. The molecule has 0 radical (unpaired) electrons. The second-order valence-electron chi connectivity index (χ2n) is 15.6. The third-order valence-electron chi connectivity index (χ3n) is 8.29. The van der Waals surface area contributed by atoms with E-state index in [9.17, 15) is 0 Å². The van der Waals surface area contributed by atoms with Crippen molar-refractivity contribution in [3.63, 3.8) is 0 Å². The van der Waals surface area contributed by atoms with Crippen LogP contribution in [-0.2, 0) is 21.8 Å². The zero-order chi connectivity index (χ0) is 40.3. The molecule has 2 aromatic heterocycles. The predicted octanol–water partition coefficient (Wildman–Crippen LogP) is 14.3. The first-order valence-corrected chi connectivity index (χ1v) is 24.7. The van der Waals surface area contributed by atoms with Crippen LogP contribution < -0.4 is 18.9 Å². The smallest absolute Gasteiger partial charge is 0.221 e. The van der Waals surface area contributed by atoms with E-state index in [-0.39, 0.29) is 21.8 Å². The number of hydrogen-bond acceptors (Lipinski definition) is 7. The molecule has 300 valence electrons. The lowest BCUT2D eigenvalue weighted by molar-refractivity contribution is 0.271. The molecule has 0 saturated carbocycles. The molecule has 0 fully saturated rings. The second kappa shape index (κ2) is 21.0. The van der Waals surface area contributed by atoms with Gasteiger partial charge in [0.1, 0.15) is 44.8 Å². The van der Waals surface area contributed by atoms with Gasteiger partial charge in [-0.2, -0.15) is 0 Å². The summed E-state index contributed by atoms with van der Waals surface area (Å²) in [4.78, 5) is 5.07. The molecule has 6 rings (SSSR count). The fraction of sp³-hybridized carbons (Fsp3) is 0.333. The molecule has 2 heterocycles. The Balaban J connectivity index is 1.25. The summed E-state index contributed by atoms with van der Waals surface area (Å²) in [5.74, 6) is 5.55. The van der Waals surface area contributed by atoms with Gasteiger partial charge in [0.2, 0.25) is 8.42 Å². The molecule has 0 spiro atoms. The molecule has 0 bridgehead atoms. The molecule has 0 aliphatic heterocycles. The van der Waals surface area contributed by atoms with Crippen LogP contribution in [0.2, 0.25) is 0 Å². The Labute approximate surface area is 359 Å². The fourth-order valence-electron chi connectivity index (χ4n) is 5.51. The Hall–Kier alpha value is -3.47. The highest BCUT2D eigenvalue weighted by atomic mass is 32.2. The summed E-state index contributed by atoms with van der Waals surface area (Å²) in [5, 5.41) is 0. The minimum Gasteiger partial charge on any atom is -0.493 e. The third-order valence-corrected chi connectivity index (χ3v) is 16.9. The van der Waals surface area contributed by atoms with Crippen LogP contribution in [0.1, 0.15) is 55.4 Å². The molecule has 9 heteroatoms. The van der Waals surface area contributed by atoms with Crippen molar-refractivity contribution in [3.05, 3.63) is 121 Å². The fourth-order valence-corrected chi connectivity index (χ4v) is 14.7. The maximum Gasteiger partial charge on any atom is 0.221 e. The molecule has 57 heavy (non-hydrogen) atoms. The van der Waals surface area contributed by atoms with E-state index < -0.39 is 0 Å². The van der Waals surface area contributed by atoms with Crippen LogP contribution in [0.5, 0.6) is 23.0 Å². The number of rotatable bonds is 20. The molecular formula is C48H56O4S5+2. The van der Waals surface area contributed by atoms with Gasteiger partial charge in [0.15, 0.2) is 19.6 Å². The van der Waals surface area contributed by atoms with Crippen LogP contribution in [0.3, 0.4) is 0 Å². The Bertz CT molecular complexity index is 1820. The van der Waals surface area contributed by atoms with E-state index in [0.29, 0.717) is 50.1 Å². The lowest BCUT2D eigenvalue weighted by Crippen LogP contribution is -2.06. The van der Waals surface area contributed by atoms with E-state index in [0.717, 1.165) is 23.0 Å². The van der Waals surface area contributed by atoms with Gasteiger partial charge in [-0.25, -0.2) is 0 Å². The van der Waals surface area contributed by atoms with Gasteiger partial charge in [0.25, 0.3) is 0 Å². The highest BCUT2D eigenvalue weighted by molar-refractivity contribution is 8.04. The van der Waals surface area contributed by atoms with E-state index in [1.54, 1.807) is 0 Å². The maximum atomic E-state index is 6.04. The van der Waals surface area contributed by atoms with Crippen molar-refractivity contribution in [2.24, 2.45) is 23.7 Å². The number of benzene rings is 4. The summed E-state index contributed by atoms with van der Waals surface area (Å²) in [7, 11) is -0.561. The first kappa shape index (κ1) is 43.1. The van der Waals surface area contributed by atoms with Crippen molar-refractivity contribution in [1.29, 1.82) is 0 Å². The van der Waals surface area contributed by atoms with Gasteiger partial charge in [0.05, 0.1) is 34.8 Å². The minimum atomic E-state index is -0.280. The highest BCUT2D eigenvalue weighted by Gasteiger charge is 2.33. The second-order valence-corrected chi connectivity index (χ2v) is 23.8. The first-order chi connectivity index (χ1) is 27.5. The monoisotopic (exact) mass is 856 g/mol. The summed E-state index contributed by atoms with van der Waals surface area (Å²) in [5.41, 5.74) is 0. The average Bonchev–Trinajstić information content (AvgIpc) is 3.86. The van der Waals surface area contributed by atoms with Crippen molar-refractivity contribution in [2.45, 2.75) is 91.8 Å². The number of hydrogen-bond donors (Lipinski definition) is 0. The van der Waals surface area contributed by atoms with E-state index in [2.05, 4.69) is 177 Å². The van der Waals surface area contributed by atoms with Gasteiger partial charge in [-0.15, -0.1) is 0 Å². The van der Waals surface area contributed by atoms with Crippen molar-refractivity contribution >= 4 is 56.2 Å². The van der Waals surface area contributed by atoms with Gasteiger partial charge in [-0.05, 0) is 133 Å². The Morgan fingerprint density at radius 1 is 0.368 bits per heavy atom. The third kappa shape index (κ3) is 12.8. The quantitative estimate of drug-likeness (QED) is 0.0715. The average molecular weight is 857 g/mol. The molecule has 0 amide bonds. The van der Waals surface area contributed by atoms with Crippen LogP contribution in [-0.4, -0.2) is 26.4 Å². The maximum absolute atomic E-state index is 6.04. The Morgan fingerprint density at radius 2 is 0.614 bits per heavy atom. The lowest BCUT2D eigenvalue weighted by atomic mass is 10.2. The summed E-state index contributed by atoms with van der Waals surface area (Å²) in [6.45, 7) is 20.2. The molecule has 4 nitrogen and oxygen atoms in total. The van der Waals surface area contributed by atoms with Crippen LogP contribution >= 0.6 is 34.4 Å². The normalized spacial score (nSPS) is 11.8. The molecule has 0 aliphatic rings. The SMILES string of the molecule is CC(C)COc1ccc([S+](c2ccc(OCC(C)C)cc2)c2ccc(Sc3ccc([S+](c4ccc(OCC(C)C)cc4)c4ccc(OCC(C)C)cc4)s3)s2)cc1. The van der Waals surface area contributed by atoms with Crippen LogP contribution in [0.4, 0.5) is 0 Å². The summed E-state index contributed by atoms with van der Waals surface area (Å²) in [6, 6.07) is 44.0. The summed E-state index contributed by atoms with van der Waals surface area (Å²) >= 11 is 5.62. The van der Waals surface area contributed by atoms with Crippen LogP contribution in [0.25, 0.3) is 0 Å². The van der Waals surface area contributed by atoms with Crippen LogP contribution in [0.15, 0.2) is 158 Å². The van der Waals surface area contributed by atoms with Crippen LogP contribution in [0, 0.1) is 23.7 Å². The molecule has 4 aromatic carbocycles. The van der Waals surface area contributed by atoms with Crippen molar-refractivity contribution in [2.75, 3.05) is 26.4 Å². The van der Waals surface area contributed by atoms with Gasteiger partial charge < -0.3 is 18.9 Å². The van der Waals surface area contributed by atoms with Gasteiger partial charge in [-0.3, -0.25) is 0 Å². The van der Waals surface area contributed by atoms with Crippen molar-refractivity contribution < 1.29 is 18.9 Å². The molecule has 0 unspecified atom stereocenters. The molecule has 6 aromatic rings. The van der Waals surface area contributed by atoms with Gasteiger partial charge >= 0.3 is 0 Å². The van der Waals surface area contributed by atoms with Crippen molar-refractivity contribution in [3.8, 4) is 23.0 Å². The van der Waals surface area contributed by atoms with Gasteiger partial charge in [0, 0.05) is 12.1 Å².